The fourth-order valence-corrected chi connectivity index (χ4v) is 3.58. The summed E-state index contributed by atoms with van der Waals surface area (Å²) in [6.07, 6.45) is -0.584. The van der Waals surface area contributed by atoms with E-state index < -0.39 is 47.7 Å². The smallest absolute Gasteiger partial charge is 0.346 e. The Kier molecular flexibility index (Phi) is 4.48. The maximum atomic E-state index is 14.7. The molecule has 7 nitrogen and oxygen atoms in total. The Morgan fingerprint density at radius 2 is 2.03 bits per heavy atom. The summed E-state index contributed by atoms with van der Waals surface area (Å²) in [4.78, 5) is 50.3. The van der Waals surface area contributed by atoms with Gasteiger partial charge in [-0.05, 0) is 35.7 Å². The molecular weight excluding hydrogens is 444 g/mol. The minimum atomic E-state index is -4.10. The largest absolute Gasteiger partial charge is 0.349 e. The summed E-state index contributed by atoms with van der Waals surface area (Å²) >= 11 is 5.69. The van der Waals surface area contributed by atoms with Gasteiger partial charge in [0.1, 0.15) is 6.02 Å². The molecule has 2 aliphatic heterocycles. The van der Waals surface area contributed by atoms with Crippen molar-refractivity contribution in [3.05, 3.63) is 69.7 Å². The van der Waals surface area contributed by atoms with E-state index >= 15 is 0 Å². The Hall–Kier alpha value is -3.33. The first-order valence-electron chi connectivity index (χ1n) is 11.5. The van der Waals surface area contributed by atoms with Gasteiger partial charge in [-0.3, -0.25) is 24.5 Å². The average molecular weight is 466 g/mol. The number of hydrogen-bond acceptors (Lipinski definition) is 4. The number of nitrogens with zero attached hydrogens (tertiary/aromatic N) is 1. The molecule has 2 heterocycles. The molecule has 1 saturated heterocycles. The summed E-state index contributed by atoms with van der Waals surface area (Å²) in [7, 11) is 0. The van der Waals surface area contributed by atoms with Crippen molar-refractivity contribution in [2.24, 2.45) is 0 Å². The van der Waals surface area contributed by atoms with E-state index in [9.17, 15) is 28.0 Å². The maximum absolute atomic E-state index is 14.7. The number of fused-ring (bicyclic) bond motifs is 1. The maximum Gasteiger partial charge on any atom is 0.349 e. The first kappa shape index (κ1) is 17.3. The van der Waals surface area contributed by atoms with Crippen LogP contribution in [0.15, 0.2) is 42.5 Å². The topological polar surface area (TPSA) is 95.6 Å². The predicted octanol–water partition coefficient (Wildman–Crippen LogP) is 2.51. The minimum absolute atomic E-state index is 0.0510. The highest BCUT2D eigenvalue weighted by Gasteiger charge is 2.41. The van der Waals surface area contributed by atoms with Crippen LogP contribution in [0.5, 0.6) is 0 Å². The van der Waals surface area contributed by atoms with Crippen molar-refractivity contribution in [1.82, 2.24) is 15.5 Å². The zero-order chi connectivity index (χ0) is 26.6. The number of imide groups is 1. The lowest BCUT2D eigenvalue weighted by Crippen LogP contribution is -2.52. The number of nitrogens with one attached hydrogen (secondary N) is 2. The van der Waals surface area contributed by atoms with E-state index in [1.165, 1.54) is 30.3 Å². The highest BCUT2D eigenvalue weighted by molar-refractivity contribution is 6.30. The second kappa shape index (κ2) is 8.31. The first-order valence-corrected chi connectivity index (χ1v) is 9.86. The standard InChI is InChI=1S/C22H18ClF2N3O4/c23-15-4-2-14(3-5-15)22(24,25)21(32)26-10-12-1-6-16-13(9-12)11-28(20(16)31)17-7-8-18(29)27-19(17)30/h1-6,9,17H,7-8,10-11H2,(H,26,32)(H,27,29,30)/t17-/m0/s1/i10D,17D/hD2/t10?,17-. The lowest BCUT2D eigenvalue weighted by molar-refractivity contribution is -0.147. The number of amides is 4. The summed E-state index contributed by atoms with van der Waals surface area (Å²) in [5.74, 6) is -8.72. The molecule has 2 aliphatic rings. The fourth-order valence-electron chi connectivity index (χ4n) is 3.45. The van der Waals surface area contributed by atoms with Crippen molar-refractivity contribution < 1.29 is 33.5 Å². The molecule has 2 aromatic carbocycles. The SMILES string of the molecule is [2H]C(c1ccc2c(c1)CN([C@@]1([2H])CCC(=O)N([2H])C1=O)C2=O)N([2H])C(=O)C(F)(F)c1ccc(Cl)cc1. The van der Waals surface area contributed by atoms with Crippen LogP contribution in [-0.2, 0) is 33.4 Å². The van der Waals surface area contributed by atoms with Crippen LogP contribution in [0.2, 0.25) is 7.85 Å². The summed E-state index contributed by atoms with van der Waals surface area (Å²) in [6, 6.07) is 5.76. The molecule has 0 spiro atoms. The molecule has 1 unspecified atom stereocenters. The number of halogens is 3. The van der Waals surface area contributed by atoms with E-state index in [2.05, 4.69) is 0 Å². The van der Waals surface area contributed by atoms with Gasteiger partial charge in [0.25, 0.3) is 11.8 Å². The van der Waals surface area contributed by atoms with Crippen LogP contribution < -0.4 is 10.6 Å². The van der Waals surface area contributed by atoms with Crippen LogP contribution in [0.25, 0.3) is 0 Å². The quantitative estimate of drug-likeness (QED) is 0.663. The van der Waals surface area contributed by atoms with E-state index in [4.69, 9.17) is 17.2 Å². The van der Waals surface area contributed by atoms with Gasteiger partial charge in [-0.25, -0.2) is 0 Å². The van der Waals surface area contributed by atoms with Gasteiger partial charge in [-0.1, -0.05) is 35.9 Å². The molecule has 10 heteroatoms. The highest BCUT2D eigenvalue weighted by atomic mass is 35.5. The van der Waals surface area contributed by atoms with Crippen LogP contribution in [-0.4, -0.2) is 34.5 Å². The van der Waals surface area contributed by atoms with Gasteiger partial charge >= 0.3 is 5.92 Å². The monoisotopic (exact) mass is 465 g/mol. The van der Waals surface area contributed by atoms with Crippen LogP contribution >= 0.6 is 11.6 Å². The molecular formula is C22H18ClF2N3O4. The Morgan fingerprint density at radius 3 is 2.75 bits per heavy atom. The highest BCUT2D eigenvalue weighted by Crippen LogP contribution is 2.30. The predicted molar refractivity (Wildman–Crippen MR) is 110 cm³/mol. The molecule has 4 rings (SSSR count). The second-order valence-electron chi connectivity index (χ2n) is 7.21. The van der Waals surface area contributed by atoms with Crippen molar-refractivity contribution in [3.8, 4) is 0 Å². The molecule has 0 aliphatic carbocycles. The van der Waals surface area contributed by atoms with Crippen molar-refractivity contribution in [1.29, 1.82) is 0 Å². The molecule has 166 valence electrons. The molecule has 2 N–H and O–H groups in total. The first-order chi connectivity index (χ1) is 16.8. The molecule has 0 saturated carbocycles. The van der Waals surface area contributed by atoms with Crippen molar-refractivity contribution in [3.63, 3.8) is 0 Å². The van der Waals surface area contributed by atoms with E-state index in [0.717, 1.165) is 17.0 Å². The number of benzene rings is 2. The number of carbonyl (C=O) groups is 4. The Balaban J connectivity index is 1.56. The number of rotatable bonds is 5. The van der Waals surface area contributed by atoms with Gasteiger partial charge in [0.15, 0.2) is 2.82 Å². The van der Waals surface area contributed by atoms with Gasteiger partial charge < -0.3 is 10.2 Å². The van der Waals surface area contributed by atoms with Crippen molar-refractivity contribution >= 4 is 35.2 Å². The van der Waals surface area contributed by atoms with Gasteiger partial charge in [-0.15, -0.1) is 0 Å². The molecule has 0 bridgehead atoms. The number of hydrogen-bond donors (Lipinski definition) is 2. The Morgan fingerprint density at radius 1 is 1.31 bits per heavy atom. The van der Waals surface area contributed by atoms with E-state index in [1.807, 2.05) is 0 Å². The van der Waals surface area contributed by atoms with Gasteiger partial charge in [-0.2, -0.15) is 8.78 Å². The molecule has 1 fully saturated rings. The fraction of sp³-hybridized carbons (Fsp3) is 0.273. The zero-order valence-electron chi connectivity index (χ0n) is 20.3. The lowest BCUT2D eigenvalue weighted by atomic mass is 10.0. The van der Waals surface area contributed by atoms with Gasteiger partial charge in [0.05, 0.1) is 2.74 Å². The van der Waals surface area contributed by atoms with E-state index in [1.54, 1.807) is 0 Å². The van der Waals surface area contributed by atoms with Crippen LogP contribution in [0.1, 0.15) is 42.6 Å². The van der Waals surface area contributed by atoms with Gasteiger partial charge in [0, 0.05) is 35.6 Å². The minimum Gasteiger partial charge on any atom is -0.346 e. The van der Waals surface area contributed by atoms with E-state index in [0.29, 0.717) is 0 Å². The van der Waals surface area contributed by atoms with Crippen molar-refractivity contribution in [2.45, 2.75) is 37.8 Å². The number of alkyl halides is 2. The third kappa shape index (κ3) is 4.08. The summed E-state index contributed by atoms with van der Waals surface area (Å²) in [5.41, 5.74) is -0.428. The van der Waals surface area contributed by atoms with Crippen LogP contribution in [0, 0.1) is 0 Å². The lowest BCUT2D eigenvalue weighted by Gasteiger charge is -2.29. The number of piperidine rings is 1. The average Bonchev–Trinajstić information content (AvgIpc) is 3.20. The van der Waals surface area contributed by atoms with Gasteiger partial charge in [0.2, 0.25) is 11.8 Å². The molecule has 2 aromatic rings. The van der Waals surface area contributed by atoms with Crippen molar-refractivity contribution in [2.75, 3.05) is 0 Å². The second-order valence-corrected chi connectivity index (χ2v) is 7.65. The molecule has 2 atom stereocenters. The molecule has 4 amide bonds. The Labute approximate surface area is 192 Å². The number of carbonyl (C=O) groups excluding carboxylic acids is 4. The molecule has 0 aromatic heterocycles. The summed E-state index contributed by atoms with van der Waals surface area (Å²) < 4.78 is 61.5. The Bertz CT molecular complexity index is 1280. The zero-order valence-corrected chi connectivity index (χ0v) is 17.1. The van der Waals surface area contributed by atoms with Crippen LogP contribution in [0.3, 0.4) is 0 Å². The third-order valence-corrected chi connectivity index (χ3v) is 5.37. The third-order valence-electron chi connectivity index (χ3n) is 5.11. The summed E-state index contributed by atoms with van der Waals surface area (Å²) in [6.45, 7) is -2.16. The normalized spacial score (nSPS) is 23.8. The molecule has 32 heavy (non-hydrogen) atoms. The van der Waals surface area contributed by atoms with E-state index in [-0.39, 0.29) is 51.7 Å². The van der Waals surface area contributed by atoms with Crippen LogP contribution in [0.4, 0.5) is 8.78 Å². The summed E-state index contributed by atoms with van der Waals surface area (Å²) in [5, 5.41) is 0.0596. The molecule has 0 radical (unpaired) electrons.